The molecule has 1 unspecified atom stereocenters. The van der Waals surface area contributed by atoms with Gasteiger partial charge in [-0.05, 0) is 35.4 Å². The number of thiazole rings is 1. The Balaban J connectivity index is 1.99. The van der Waals surface area contributed by atoms with Crippen molar-refractivity contribution in [2.45, 2.75) is 19.4 Å². The Morgan fingerprint density at radius 3 is 2.86 bits per heavy atom. The lowest BCUT2D eigenvalue weighted by atomic mass is 10.0. The molecule has 3 aromatic rings. The van der Waals surface area contributed by atoms with Gasteiger partial charge in [0.2, 0.25) is 0 Å². The number of nitrogens with two attached hydrogens (primary N) is 1. The minimum Gasteiger partial charge on any atom is -0.497 e. The van der Waals surface area contributed by atoms with Gasteiger partial charge >= 0.3 is 0 Å². The number of nitrogens with zero attached hydrogens (tertiary/aromatic N) is 1. The topological polar surface area (TPSA) is 48.1 Å². The van der Waals surface area contributed by atoms with Crippen molar-refractivity contribution in [3.05, 3.63) is 58.0 Å². The molecule has 0 bridgehead atoms. The Morgan fingerprint density at radius 1 is 1.29 bits per heavy atom. The van der Waals surface area contributed by atoms with Gasteiger partial charge in [0.1, 0.15) is 5.75 Å². The second kappa shape index (κ2) is 5.84. The van der Waals surface area contributed by atoms with Gasteiger partial charge in [0, 0.05) is 17.8 Å². The molecule has 0 aliphatic rings. The minimum atomic E-state index is -0.0115. The smallest absolute Gasteiger partial charge is 0.119 e. The summed E-state index contributed by atoms with van der Waals surface area (Å²) in [4.78, 5) is 4.62. The maximum atomic E-state index is 5.88. The zero-order valence-corrected chi connectivity index (χ0v) is 13.0. The highest BCUT2D eigenvalue weighted by Crippen LogP contribution is 2.27. The van der Waals surface area contributed by atoms with Gasteiger partial charge < -0.3 is 10.5 Å². The van der Waals surface area contributed by atoms with Gasteiger partial charge in [-0.15, -0.1) is 11.3 Å². The van der Waals surface area contributed by atoms with Crippen LogP contribution in [0.4, 0.5) is 0 Å². The summed E-state index contributed by atoms with van der Waals surface area (Å²) < 4.78 is 5.33. The van der Waals surface area contributed by atoms with Crippen molar-refractivity contribution in [3.63, 3.8) is 0 Å². The van der Waals surface area contributed by atoms with E-state index in [1.165, 1.54) is 16.3 Å². The van der Waals surface area contributed by atoms with E-state index in [2.05, 4.69) is 35.3 Å². The maximum Gasteiger partial charge on any atom is 0.119 e. The van der Waals surface area contributed by atoms with Gasteiger partial charge in [-0.3, -0.25) is 0 Å². The van der Waals surface area contributed by atoms with E-state index >= 15 is 0 Å². The number of hydrogen-bond acceptors (Lipinski definition) is 4. The first-order chi connectivity index (χ1) is 10.2. The van der Waals surface area contributed by atoms with Crippen LogP contribution in [-0.4, -0.2) is 12.1 Å². The van der Waals surface area contributed by atoms with Gasteiger partial charge in [0.15, 0.2) is 0 Å². The van der Waals surface area contributed by atoms with E-state index < -0.39 is 0 Å². The van der Waals surface area contributed by atoms with Crippen LogP contribution in [0.3, 0.4) is 0 Å². The predicted molar refractivity (Wildman–Crippen MR) is 88.0 cm³/mol. The fourth-order valence-corrected chi connectivity index (χ4v) is 3.30. The molecular formula is C17H18N2OS. The lowest BCUT2D eigenvalue weighted by molar-refractivity contribution is 0.415. The molecule has 0 saturated carbocycles. The highest BCUT2D eigenvalue weighted by atomic mass is 32.1. The maximum absolute atomic E-state index is 5.88. The Kier molecular flexibility index (Phi) is 3.90. The normalized spacial score (nSPS) is 12.5. The van der Waals surface area contributed by atoms with Crippen LogP contribution in [0.5, 0.6) is 5.75 Å². The average molecular weight is 298 g/mol. The first-order valence-electron chi connectivity index (χ1n) is 6.93. The Morgan fingerprint density at radius 2 is 2.14 bits per heavy atom. The van der Waals surface area contributed by atoms with Crippen LogP contribution in [0, 0.1) is 0 Å². The van der Waals surface area contributed by atoms with Crippen molar-refractivity contribution in [1.82, 2.24) is 4.98 Å². The standard InChI is InChI=1S/C17H18N2OS/c1-11(18)16-10-21-17(19-16)8-13-5-3-4-12-6-7-14(20-2)9-15(12)13/h3-7,9-11H,8,18H2,1-2H3. The average Bonchev–Trinajstić information content (AvgIpc) is 2.96. The third kappa shape index (κ3) is 2.91. The van der Waals surface area contributed by atoms with E-state index in [0.29, 0.717) is 0 Å². The Labute approximate surface area is 128 Å². The van der Waals surface area contributed by atoms with Crippen molar-refractivity contribution in [2.75, 3.05) is 7.11 Å². The monoisotopic (exact) mass is 298 g/mol. The molecule has 0 amide bonds. The second-order valence-corrected chi connectivity index (χ2v) is 6.08. The van der Waals surface area contributed by atoms with Crippen molar-refractivity contribution in [1.29, 1.82) is 0 Å². The number of rotatable bonds is 4. The molecule has 2 N–H and O–H groups in total. The van der Waals surface area contributed by atoms with Crippen LogP contribution in [0.25, 0.3) is 10.8 Å². The third-order valence-electron chi connectivity index (χ3n) is 3.56. The fraction of sp³-hybridized carbons (Fsp3) is 0.235. The van der Waals surface area contributed by atoms with E-state index in [4.69, 9.17) is 10.5 Å². The number of ether oxygens (including phenoxy) is 1. The van der Waals surface area contributed by atoms with E-state index in [9.17, 15) is 0 Å². The second-order valence-electron chi connectivity index (χ2n) is 5.14. The van der Waals surface area contributed by atoms with Crippen molar-refractivity contribution >= 4 is 22.1 Å². The van der Waals surface area contributed by atoms with Crippen LogP contribution in [0.1, 0.15) is 29.2 Å². The van der Waals surface area contributed by atoms with Crippen molar-refractivity contribution in [2.24, 2.45) is 5.73 Å². The van der Waals surface area contributed by atoms with Gasteiger partial charge in [0.25, 0.3) is 0 Å². The molecule has 0 fully saturated rings. The minimum absolute atomic E-state index is 0.0115. The molecule has 0 aliphatic heterocycles. The molecule has 4 heteroatoms. The summed E-state index contributed by atoms with van der Waals surface area (Å²) in [7, 11) is 1.69. The number of fused-ring (bicyclic) bond motifs is 1. The van der Waals surface area contributed by atoms with Crippen LogP contribution in [0.2, 0.25) is 0 Å². The van der Waals surface area contributed by atoms with Crippen molar-refractivity contribution in [3.8, 4) is 5.75 Å². The van der Waals surface area contributed by atoms with E-state index in [-0.39, 0.29) is 6.04 Å². The molecule has 108 valence electrons. The molecule has 1 aromatic heterocycles. The van der Waals surface area contributed by atoms with Crippen LogP contribution in [0.15, 0.2) is 41.8 Å². The predicted octanol–water partition coefficient (Wildman–Crippen LogP) is 3.92. The molecule has 3 nitrogen and oxygen atoms in total. The van der Waals surface area contributed by atoms with E-state index in [0.717, 1.165) is 22.9 Å². The number of aromatic nitrogens is 1. The molecule has 0 spiro atoms. The summed E-state index contributed by atoms with van der Waals surface area (Å²) in [6.07, 6.45) is 0.821. The van der Waals surface area contributed by atoms with Gasteiger partial charge in [-0.1, -0.05) is 24.3 Å². The SMILES string of the molecule is COc1ccc2cccc(Cc3nc(C(C)N)cs3)c2c1. The van der Waals surface area contributed by atoms with Crippen molar-refractivity contribution < 1.29 is 4.74 Å². The Hall–Kier alpha value is -1.91. The molecule has 0 radical (unpaired) electrons. The van der Waals surface area contributed by atoms with Gasteiger partial charge in [0.05, 0.1) is 17.8 Å². The zero-order chi connectivity index (χ0) is 14.8. The summed E-state index contributed by atoms with van der Waals surface area (Å²) in [5.74, 6) is 0.880. The highest BCUT2D eigenvalue weighted by Gasteiger charge is 2.09. The van der Waals surface area contributed by atoms with Crippen LogP contribution < -0.4 is 10.5 Å². The summed E-state index contributed by atoms with van der Waals surface area (Å²) in [6.45, 7) is 1.96. The summed E-state index contributed by atoms with van der Waals surface area (Å²) in [5.41, 5.74) is 8.10. The molecular weight excluding hydrogens is 280 g/mol. The third-order valence-corrected chi connectivity index (χ3v) is 4.42. The zero-order valence-electron chi connectivity index (χ0n) is 12.2. The molecule has 3 rings (SSSR count). The number of hydrogen-bond donors (Lipinski definition) is 1. The van der Waals surface area contributed by atoms with E-state index in [1.54, 1.807) is 18.4 Å². The number of benzene rings is 2. The number of methoxy groups -OCH3 is 1. The largest absolute Gasteiger partial charge is 0.497 e. The van der Waals surface area contributed by atoms with Crippen LogP contribution >= 0.6 is 11.3 Å². The van der Waals surface area contributed by atoms with Gasteiger partial charge in [-0.25, -0.2) is 4.98 Å². The summed E-state index contributed by atoms with van der Waals surface area (Å²) >= 11 is 1.67. The molecule has 2 aromatic carbocycles. The Bertz CT molecular complexity index is 764. The molecule has 1 atom stereocenters. The molecule has 1 heterocycles. The summed E-state index contributed by atoms with van der Waals surface area (Å²) in [5, 5.41) is 5.58. The lowest BCUT2D eigenvalue weighted by Crippen LogP contribution is -2.05. The molecule has 21 heavy (non-hydrogen) atoms. The lowest BCUT2D eigenvalue weighted by Gasteiger charge is -2.07. The van der Waals surface area contributed by atoms with Gasteiger partial charge in [-0.2, -0.15) is 0 Å². The molecule has 0 aliphatic carbocycles. The first kappa shape index (κ1) is 14.0. The summed E-state index contributed by atoms with van der Waals surface area (Å²) in [6, 6.07) is 12.5. The molecule has 0 saturated heterocycles. The van der Waals surface area contributed by atoms with E-state index in [1.807, 2.05) is 18.4 Å². The van der Waals surface area contributed by atoms with Crippen LogP contribution in [-0.2, 0) is 6.42 Å². The first-order valence-corrected chi connectivity index (χ1v) is 7.81. The quantitative estimate of drug-likeness (QED) is 0.794. The highest BCUT2D eigenvalue weighted by molar-refractivity contribution is 7.09. The fourth-order valence-electron chi connectivity index (χ4n) is 2.38.